The van der Waals surface area contributed by atoms with Gasteiger partial charge in [0.2, 0.25) is 0 Å². The number of aliphatic hydroxyl groups excluding tert-OH is 1. The molecule has 0 aliphatic heterocycles. The van der Waals surface area contributed by atoms with Gasteiger partial charge in [0, 0.05) is 16.4 Å². The Morgan fingerprint density at radius 1 is 0.889 bits per heavy atom. The average Bonchev–Trinajstić information content (AvgIpc) is 2.42. The molecule has 18 heavy (non-hydrogen) atoms. The van der Waals surface area contributed by atoms with Crippen LogP contribution in [0.25, 0.3) is 0 Å². The second-order valence-electron chi connectivity index (χ2n) is 5.84. The van der Waals surface area contributed by atoms with Crippen molar-refractivity contribution in [1.29, 1.82) is 0 Å². The molecule has 0 aromatic rings. The summed E-state index contributed by atoms with van der Waals surface area (Å²) >= 11 is 0. The van der Waals surface area contributed by atoms with Crippen molar-refractivity contribution in [1.82, 2.24) is 0 Å². The smallest absolute Gasteiger partial charge is 0.167 e. The van der Waals surface area contributed by atoms with Gasteiger partial charge in [0.05, 0.1) is 0 Å². The summed E-state index contributed by atoms with van der Waals surface area (Å²) in [4.78, 5) is 12.5. The molecule has 0 unspecified atom stereocenters. The summed E-state index contributed by atoms with van der Waals surface area (Å²) in [6.45, 7) is 13.9. The number of allylic oxidation sites excluding steroid dienone is 2. The van der Waals surface area contributed by atoms with Crippen molar-refractivity contribution in [2.75, 3.05) is 0 Å². The first-order valence-electron chi connectivity index (χ1n) is 7.17. The quantitative estimate of drug-likeness (QED) is 0.510. The Morgan fingerprint density at radius 3 is 1.50 bits per heavy atom. The molecule has 0 atom stereocenters. The lowest BCUT2D eigenvalue weighted by molar-refractivity contribution is -0.124. The summed E-state index contributed by atoms with van der Waals surface area (Å²) in [5.41, 5.74) is -0.0739. The summed E-state index contributed by atoms with van der Waals surface area (Å²) in [5, 5.41) is 10.4. The first kappa shape index (κ1) is 17.2. The van der Waals surface area contributed by atoms with E-state index in [-0.39, 0.29) is 22.4 Å². The third-order valence-electron chi connectivity index (χ3n) is 4.94. The average molecular weight is 254 g/mol. The lowest BCUT2D eigenvalue weighted by Crippen LogP contribution is -2.30. The van der Waals surface area contributed by atoms with Gasteiger partial charge in [0.15, 0.2) is 5.78 Å². The SMILES string of the molecule is CCC(C)(CC)C(=O)C(C)=C(O)C(C)(CC)CC. The maximum absolute atomic E-state index is 12.5. The van der Waals surface area contributed by atoms with E-state index in [0.717, 1.165) is 25.7 Å². The second-order valence-corrected chi connectivity index (χ2v) is 5.84. The number of Topliss-reactive ketones (excluding diaryl/α,β-unsaturated/α-hetero) is 1. The molecule has 0 aromatic heterocycles. The summed E-state index contributed by atoms with van der Waals surface area (Å²) in [5.74, 6) is 0.378. The van der Waals surface area contributed by atoms with E-state index in [4.69, 9.17) is 0 Å². The monoisotopic (exact) mass is 254 g/mol. The van der Waals surface area contributed by atoms with E-state index in [1.807, 2.05) is 27.7 Å². The van der Waals surface area contributed by atoms with Gasteiger partial charge in [-0.05, 0) is 32.6 Å². The number of hydrogen-bond acceptors (Lipinski definition) is 2. The molecule has 0 aromatic carbocycles. The molecule has 0 aliphatic rings. The van der Waals surface area contributed by atoms with E-state index in [1.54, 1.807) is 6.92 Å². The summed E-state index contributed by atoms with van der Waals surface area (Å²) in [6, 6.07) is 0. The predicted molar refractivity (Wildman–Crippen MR) is 77.7 cm³/mol. The number of carbonyl (C=O) groups is 1. The lowest BCUT2D eigenvalue weighted by atomic mass is 9.74. The zero-order valence-electron chi connectivity index (χ0n) is 13.2. The Kier molecular flexibility index (Phi) is 6.12. The minimum Gasteiger partial charge on any atom is -0.511 e. The standard InChI is InChI=1S/C16H30O2/c1-8-15(6,9-2)13(17)12(5)14(18)16(7,10-3)11-4/h17H,8-11H2,1-7H3. The van der Waals surface area contributed by atoms with Crippen LogP contribution in [0, 0.1) is 10.8 Å². The molecule has 1 N–H and O–H groups in total. The highest BCUT2D eigenvalue weighted by Crippen LogP contribution is 2.37. The normalized spacial score (nSPS) is 14.4. The van der Waals surface area contributed by atoms with E-state index in [0.29, 0.717) is 5.57 Å². The molecule has 2 heteroatoms. The maximum atomic E-state index is 12.5. The van der Waals surface area contributed by atoms with Crippen molar-refractivity contribution < 1.29 is 9.90 Å². The van der Waals surface area contributed by atoms with Crippen molar-refractivity contribution in [3.63, 3.8) is 0 Å². The molecule has 0 bridgehead atoms. The number of hydrogen-bond donors (Lipinski definition) is 1. The van der Waals surface area contributed by atoms with Gasteiger partial charge in [-0.2, -0.15) is 0 Å². The van der Waals surface area contributed by atoms with Crippen LogP contribution in [-0.4, -0.2) is 10.9 Å². The lowest BCUT2D eigenvalue weighted by Gasteiger charge is -2.30. The topological polar surface area (TPSA) is 37.3 Å². The van der Waals surface area contributed by atoms with Gasteiger partial charge < -0.3 is 5.11 Å². The van der Waals surface area contributed by atoms with Crippen LogP contribution in [0.2, 0.25) is 0 Å². The third-order valence-corrected chi connectivity index (χ3v) is 4.94. The molecule has 0 heterocycles. The molecule has 0 fully saturated rings. The van der Waals surface area contributed by atoms with Crippen LogP contribution in [0.1, 0.15) is 74.1 Å². The van der Waals surface area contributed by atoms with Crippen molar-refractivity contribution in [2.45, 2.75) is 74.1 Å². The van der Waals surface area contributed by atoms with Crippen LogP contribution < -0.4 is 0 Å². The van der Waals surface area contributed by atoms with Crippen molar-refractivity contribution >= 4 is 5.78 Å². The van der Waals surface area contributed by atoms with Crippen LogP contribution in [0.4, 0.5) is 0 Å². The number of rotatable bonds is 7. The zero-order valence-corrected chi connectivity index (χ0v) is 13.2. The molecule has 0 aliphatic carbocycles. The van der Waals surface area contributed by atoms with Crippen LogP contribution in [0.5, 0.6) is 0 Å². The van der Waals surface area contributed by atoms with Gasteiger partial charge in [-0.3, -0.25) is 4.79 Å². The van der Waals surface area contributed by atoms with E-state index in [1.165, 1.54) is 0 Å². The molecular formula is C16H30O2. The van der Waals surface area contributed by atoms with Crippen molar-refractivity contribution in [2.24, 2.45) is 10.8 Å². The fourth-order valence-electron chi connectivity index (χ4n) is 2.17. The molecule has 0 rings (SSSR count). The van der Waals surface area contributed by atoms with E-state index in [9.17, 15) is 9.90 Å². The summed E-state index contributed by atoms with van der Waals surface area (Å²) in [7, 11) is 0. The molecule has 2 nitrogen and oxygen atoms in total. The predicted octanol–water partition coefficient (Wildman–Crippen LogP) is 5.04. The first-order valence-corrected chi connectivity index (χ1v) is 7.17. The Labute approximate surface area is 112 Å². The number of aliphatic hydroxyl groups is 1. The highest BCUT2D eigenvalue weighted by molar-refractivity contribution is 5.99. The Hall–Kier alpha value is -0.790. The molecular weight excluding hydrogens is 224 g/mol. The molecule has 0 spiro atoms. The van der Waals surface area contributed by atoms with Crippen molar-refractivity contribution in [3.05, 3.63) is 11.3 Å². The van der Waals surface area contributed by atoms with E-state index < -0.39 is 0 Å². The minimum absolute atomic E-state index is 0.0955. The van der Waals surface area contributed by atoms with E-state index in [2.05, 4.69) is 13.8 Å². The highest BCUT2D eigenvalue weighted by atomic mass is 16.3. The summed E-state index contributed by atoms with van der Waals surface area (Å²) < 4.78 is 0. The van der Waals surface area contributed by atoms with Crippen LogP contribution in [-0.2, 0) is 4.79 Å². The van der Waals surface area contributed by atoms with Crippen LogP contribution >= 0.6 is 0 Å². The van der Waals surface area contributed by atoms with Gasteiger partial charge in [-0.25, -0.2) is 0 Å². The fraction of sp³-hybridized carbons (Fsp3) is 0.812. The van der Waals surface area contributed by atoms with Gasteiger partial charge in [0.25, 0.3) is 0 Å². The Balaban J connectivity index is 5.49. The van der Waals surface area contributed by atoms with Gasteiger partial charge in [-0.1, -0.05) is 41.5 Å². The minimum atomic E-state index is -0.347. The maximum Gasteiger partial charge on any atom is 0.167 e. The second kappa shape index (κ2) is 6.40. The zero-order chi connectivity index (χ0) is 14.6. The third kappa shape index (κ3) is 3.15. The number of ketones is 1. The van der Waals surface area contributed by atoms with Crippen LogP contribution in [0.15, 0.2) is 11.3 Å². The largest absolute Gasteiger partial charge is 0.511 e. The molecule has 106 valence electrons. The van der Waals surface area contributed by atoms with E-state index >= 15 is 0 Å². The molecule has 0 saturated carbocycles. The van der Waals surface area contributed by atoms with Crippen LogP contribution in [0.3, 0.4) is 0 Å². The Morgan fingerprint density at radius 2 is 1.22 bits per heavy atom. The Bertz CT molecular complexity index is 318. The molecule has 0 radical (unpaired) electrons. The molecule has 0 saturated heterocycles. The van der Waals surface area contributed by atoms with Gasteiger partial charge in [-0.15, -0.1) is 0 Å². The highest BCUT2D eigenvalue weighted by Gasteiger charge is 2.35. The first-order chi connectivity index (χ1) is 8.22. The van der Waals surface area contributed by atoms with Gasteiger partial charge >= 0.3 is 0 Å². The van der Waals surface area contributed by atoms with Gasteiger partial charge in [0.1, 0.15) is 5.76 Å². The molecule has 0 amide bonds. The number of carbonyl (C=O) groups excluding carboxylic acids is 1. The van der Waals surface area contributed by atoms with Crippen molar-refractivity contribution in [3.8, 4) is 0 Å². The summed E-state index contributed by atoms with van der Waals surface area (Å²) in [6.07, 6.45) is 3.30. The fourth-order valence-corrected chi connectivity index (χ4v) is 2.17.